The number of aliphatic imine (C=N–C) groups is 1. The van der Waals surface area contributed by atoms with E-state index in [1.165, 1.54) is 7.11 Å². The van der Waals surface area contributed by atoms with Crippen LogP contribution in [0.4, 0.5) is 5.69 Å². The van der Waals surface area contributed by atoms with Crippen molar-refractivity contribution in [3.63, 3.8) is 0 Å². The highest BCUT2D eigenvalue weighted by molar-refractivity contribution is 6.33. The topological polar surface area (TPSA) is 47.9 Å². The molecule has 6 heteroatoms. The largest absolute Gasteiger partial charge is 0.489 e. The van der Waals surface area contributed by atoms with Crippen molar-refractivity contribution in [1.82, 2.24) is 0 Å². The van der Waals surface area contributed by atoms with Crippen LogP contribution in [-0.2, 0) is 4.74 Å². The Morgan fingerprint density at radius 3 is 2.60 bits per heavy atom. The fraction of sp³-hybridized carbons (Fsp3) is 0.263. The molecule has 0 saturated heterocycles. The third-order valence-corrected chi connectivity index (χ3v) is 4.20. The maximum Gasteiger partial charge on any atom is 0.339 e. The summed E-state index contributed by atoms with van der Waals surface area (Å²) in [7, 11) is 1.31. The van der Waals surface area contributed by atoms with E-state index in [4.69, 9.17) is 32.7 Å². The smallest absolute Gasteiger partial charge is 0.339 e. The predicted octanol–water partition coefficient (Wildman–Crippen LogP) is 5.71. The van der Waals surface area contributed by atoms with Gasteiger partial charge in [-0.3, -0.25) is 4.99 Å². The van der Waals surface area contributed by atoms with Gasteiger partial charge >= 0.3 is 5.97 Å². The summed E-state index contributed by atoms with van der Waals surface area (Å²) in [6.07, 6.45) is 2.66. The third kappa shape index (κ3) is 5.21. The number of rotatable bonds is 6. The van der Waals surface area contributed by atoms with Crippen LogP contribution in [-0.4, -0.2) is 25.4 Å². The summed E-state index contributed by atoms with van der Waals surface area (Å²) < 4.78 is 10.4. The molecule has 0 saturated carbocycles. The Hall–Kier alpha value is -2.04. The number of esters is 1. The van der Waals surface area contributed by atoms with E-state index in [2.05, 4.69) is 4.99 Å². The van der Waals surface area contributed by atoms with Gasteiger partial charge in [-0.05, 0) is 55.3 Å². The maximum absolute atomic E-state index is 11.7. The SMILES string of the molecule is CC[C@@H](C)Oc1ccc(C=Nc2ccc(Cl)c(C(=O)OC)c2)cc1Cl. The lowest BCUT2D eigenvalue weighted by molar-refractivity contribution is 0.0601. The van der Waals surface area contributed by atoms with Crippen molar-refractivity contribution in [2.24, 2.45) is 4.99 Å². The number of carbonyl (C=O) groups excluding carboxylic acids is 1. The van der Waals surface area contributed by atoms with Crippen LogP contribution in [0.1, 0.15) is 36.2 Å². The molecule has 0 amide bonds. The Kier molecular flexibility index (Phi) is 6.85. The van der Waals surface area contributed by atoms with E-state index in [0.29, 0.717) is 21.5 Å². The summed E-state index contributed by atoms with van der Waals surface area (Å²) in [5.41, 5.74) is 1.67. The van der Waals surface area contributed by atoms with E-state index < -0.39 is 5.97 Å². The van der Waals surface area contributed by atoms with Crippen molar-refractivity contribution in [2.45, 2.75) is 26.4 Å². The first-order chi connectivity index (χ1) is 11.9. The van der Waals surface area contributed by atoms with Gasteiger partial charge in [-0.1, -0.05) is 30.1 Å². The molecule has 0 aliphatic heterocycles. The molecular formula is C19H19Cl2NO3. The van der Waals surface area contributed by atoms with Gasteiger partial charge in [0.25, 0.3) is 0 Å². The molecule has 0 aromatic heterocycles. The molecule has 0 N–H and O–H groups in total. The summed E-state index contributed by atoms with van der Waals surface area (Å²) in [5.74, 6) is 0.143. The number of hydrogen-bond acceptors (Lipinski definition) is 4. The Bertz CT molecular complexity index is 790. The van der Waals surface area contributed by atoms with Gasteiger partial charge in [-0.25, -0.2) is 4.79 Å². The predicted molar refractivity (Wildman–Crippen MR) is 102 cm³/mol. The van der Waals surface area contributed by atoms with Crippen LogP contribution in [0.25, 0.3) is 0 Å². The molecule has 0 spiro atoms. The van der Waals surface area contributed by atoms with Crippen LogP contribution in [0.15, 0.2) is 41.4 Å². The summed E-state index contributed by atoms with van der Waals surface area (Å²) in [4.78, 5) is 16.0. The number of nitrogens with zero attached hydrogens (tertiary/aromatic N) is 1. The number of benzene rings is 2. The Morgan fingerprint density at radius 2 is 1.96 bits per heavy atom. The average molecular weight is 380 g/mol. The second kappa shape index (κ2) is 8.88. The molecule has 0 fully saturated rings. The van der Waals surface area contributed by atoms with Crippen LogP contribution in [0.2, 0.25) is 10.0 Å². The van der Waals surface area contributed by atoms with Gasteiger partial charge in [0.1, 0.15) is 5.75 Å². The van der Waals surface area contributed by atoms with Crippen LogP contribution >= 0.6 is 23.2 Å². The average Bonchev–Trinajstić information content (AvgIpc) is 2.62. The molecule has 0 bridgehead atoms. The van der Waals surface area contributed by atoms with Gasteiger partial charge in [0.2, 0.25) is 0 Å². The van der Waals surface area contributed by atoms with Crippen molar-refractivity contribution in [3.05, 3.63) is 57.6 Å². The van der Waals surface area contributed by atoms with E-state index in [-0.39, 0.29) is 11.7 Å². The van der Waals surface area contributed by atoms with Gasteiger partial charge in [-0.15, -0.1) is 0 Å². The quantitative estimate of drug-likeness (QED) is 0.477. The Morgan fingerprint density at radius 1 is 1.20 bits per heavy atom. The molecule has 25 heavy (non-hydrogen) atoms. The first-order valence-corrected chi connectivity index (χ1v) is 8.58. The van der Waals surface area contributed by atoms with E-state index in [9.17, 15) is 4.79 Å². The lowest BCUT2D eigenvalue weighted by Crippen LogP contribution is -2.09. The highest BCUT2D eigenvalue weighted by Gasteiger charge is 2.11. The number of hydrogen-bond donors (Lipinski definition) is 0. The highest BCUT2D eigenvalue weighted by atomic mass is 35.5. The second-order valence-electron chi connectivity index (χ2n) is 5.44. The molecule has 0 aliphatic rings. The van der Waals surface area contributed by atoms with Crippen LogP contribution in [0.3, 0.4) is 0 Å². The molecule has 132 valence electrons. The zero-order valence-corrected chi connectivity index (χ0v) is 15.8. The first-order valence-electron chi connectivity index (χ1n) is 7.82. The maximum atomic E-state index is 11.7. The minimum atomic E-state index is -0.503. The van der Waals surface area contributed by atoms with Crippen LogP contribution in [0.5, 0.6) is 5.75 Å². The minimum Gasteiger partial charge on any atom is -0.489 e. The summed E-state index contributed by atoms with van der Waals surface area (Å²) in [5, 5.41) is 0.844. The molecule has 2 aromatic carbocycles. The third-order valence-electron chi connectivity index (χ3n) is 3.58. The molecule has 2 rings (SSSR count). The lowest BCUT2D eigenvalue weighted by Gasteiger charge is -2.13. The molecule has 0 heterocycles. The standard InChI is InChI=1S/C19H19Cl2NO3/c1-4-12(2)25-18-8-5-13(9-17(18)21)11-22-14-6-7-16(20)15(10-14)19(23)24-3/h5-12H,4H2,1-3H3/t12-/m1/s1. The summed E-state index contributed by atoms with van der Waals surface area (Å²) in [6.45, 7) is 4.04. The van der Waals surface area contributed by atoms with Crippen molar-refractivity contribution in [2.75, 3.05) is 7.11 Å². The van der Waals surface area contributed by atoms with E-state index >= 15 is 0 Å². The fourth-order valence-electron chi connectivity index (χ4n) is 2.00. The van der Waals surface area contributed by atoms with Crippen molar-refractivity contribution >= 4 is 41.1 Å². The minimum absolute atomic E-state index is 0.0998. The molecule has 0 radical (unpaired) electrons. The van der Waals surface area contributed by atoms with Crippen molar-refractivity contribution < 1.29 is 14.3 Å². The summed E-state index contributed by atoms with van der Waals surface area (Å²) >= 11 is 12.2. The molecular weight excluding hydrogens is 361 g/mol. The van der Waals surface area contributed by atoms with Crippen molar-refractivity contribution in [1.29, 1.82) is 0 Å². The first kappa shape index (κ1) is 19.3. The van der Waals surface area contributed by atoms with Crippen molar-refractivity contribution in [3.8, 4) is 5.75 Å². The number of ether oxygens (including phenoxy) is 2. The monoisotopic (exact) mass is 379 g/mol. The Balaban J connectivity index is 2.19. The van der Waals surface area contributed by atoms with Crippen LogP contribution < -0.4 is 4.74 Å². The van der Waals surface area contributed by atoms with Gasteiger partial charge in [-0.2, -0.15) is 0 Å². The van der Waals surface area contributed by atoms with Crippen LogP contribution in [0, 0.1) is 0 Å². The van der Waals surface area contributed by atoms with E-state index in [1.807, 2.05) is 26.0 Å². The van der Waals surface area contributed by atoms with Gasteiger partial charge < -0.3 is 9.47 Å². The zero-order valence-electron chi connectivity index (χ0n) is 14.3. The second-order valence-corrected chi connectivity index (χ2v) is 6.25. The molecule has 1 atom stereocenters. The number of methoxy groups -OCH3 is 1. The van der Waals surface area contributed by atoms with Gasteiger partial charge in [0.05, 0.1) is 34.5 Å². The van der Waals surface area contributed by atoms with Gasteiger partial charge in [0.15, 0.2) is 0 Å². The number of carbonyl (C=O) groups is 1. The normalized spacial score (nSPS) is 12.2. The molecule has 0 aliphatic carbocycles. The van der Waals surface area contributed by atoms with E-state index in [0.717, 1.165) is 12.0 Å². The Labute approximate surface area is 157 Å². The van der Waals surface area contributed by atoms with E-state index in [1.54, 1.807) is 30.5 Å². The molecule has 4 nitrogen and oxygen atoms in total. The van der Waals surface area contributed by atoms with Gasteiger partial charge in [0, 0.05) is 6.21 Å². The summed E-state index contributed by atoms with van der Waals surface area (Å²) in [6, 6.07) is 10.4. The highest BCUT2D eigenvalue weighted by Crippen LogP contribution is 2.27. The molecule has 0 unspecified atom stereocenters. The lowest BCUT2D eigenvalue weighted by atomic mass is 10.2. The number of halogens is 2. The fourth-order valence-corrected chi connectivity index (χ4v) is 2.43. The zero-order chi connectivity index (χ0) is 18.4. The molecule has 2 aromatic rings.